The third-order valence-electron chi connectivity index (χ3n) is 6.61. The molecule has 8 heteroatoms. The first kappa shape index (κ1) is 25.2. The fourth-order valence-corrected chi connectivity index (χ4v) is 5.16. The number of pyridine rings is 1. The summed E-state index contributed by atoms with van der Waals surface area (Å²) < 4.78 is 16.3. The van der Waals surface area contributed by atoms with E-state index in [0.29, 0.717) is 40.3 Å². The number of hydrogen-bond acceptors (Lipinski definition) is 8. The molecule has 1 aliphatic carbocycles. The van der Waals surface area contributed by atoms with Crippen molar-refractivity contribution < 1.29 is 28.6 Å². The largest absolute Gasteiger partial charge is 0.496 e. The zero-order valence-electron chi connectivity index (χ0n) is 20.9. The molecular weight excluding hydrogens is 460 g/mol. The topological polar surface area (TPSA) is 104 Å². The molecule has 188 valence electrons. The van der Waals surface area contributed by atoms with Gasteiger partial charge in [0.15, 0.2) is 5.78 Å². The Labute approximate surface area is 210 Å². The van der Waals surface area contributed by atoms with Crippen molar-refractivity contribution in [3.63, 3.8) is 0 Å². The molecule has 2 heterocycles. The van der Waals surface area contributed by atoms with E-state index in [1.807, 2.05) is 30.3 Å². The number of carbonyl (C=O) groups is 3. The van der Waals surface area contributed by atoms with Gasteiger partial charge in [-0.15, -0.1) is 0 Å². The predicted molar refractivity (Wildman–Crippen MR) is 132 cm³/mol. The highest BCUT2D eigenvalue weighted by Gasteiger charge is 2.49. The summed E-state index contributed by atoms with van der Waals surface area (Å²) in [5, 5.41) is 3.29. The number of carbonyl (C=O) groups excluding carboxylic acids is 3. The van der Waals surface area contributed by atoms with Gasteiger partial charge in [0.2, 0.25) is 0 Å². The number of para-hydroxylation sites is 1. The van der Waals surface area contributed by atoms with Gasteiger partial charge in [-0.3, -0.25) is 14.6 Å². The lowest BCUT2D eigenvalue weighted by Crippen LogP contribution is -2.43. The molecule has 0 saturated carbocycles. The van der Waals surface area contributed by atoms with Crippen molar-refractivity contribution in [1.29, 1.82) is 0 Å². The number of ether oxygens (including phenoxy) is 3. The standard InChI is InChI=1S/C28H30N2O6/c1-5-35-27(32)22-16(3)30-20-14-19(18-11-7-8-12-21(18)34-4)24(28(33)36-6-2)26(31)25(20)23(22)17-10-9-13-29-15-17/h7-13,15,19,23-24,30H,5-6,14H2,1-4H3/t19-,23-,24+/m0/s1. The van der Waals surface area contributed by atoms with Gasteiger partial charge in [-0.2, -0.15) is 0 Å². The molecule has 8 nitrogen and oxygen atoms in total. The first-order valence-electron chi connectivity index (χ1n) is 12.0. The fourth-order valence-electron chi connectivity index (χ4n) is 5.16. The number of benzene rings is 1. The van der Waals surface area contributed by atoms with Crippen LogP contribution >= 0.6 is 0 Å². The van der Waals surface area contributed by atoms with Crippen LogP contribution in [0.25, 0.3) is 0 Å². The average Bonchev–Trinajstić information content (AvgIpc) is 2.88. The number of rotatable bonds is 7. The Kier molecular flexibility index (Phi) is 7.52. The Hall–Kier alpha value is -3.94. The van der Waals surface area contributed by atoms with Gasteiger partial charge >= 0.3 is 11.9 Å². The maximum absolute atomic E-state index is 14.2. The van der Waals surface area contributed by atoms with Crippen molar-refractivity contribution >= 4 is 17.7 Å². The van der Waals surface area contributed by atoms with E-state index in [2.05, 4.69) is 10.3 Å². The number of nitrogens with one attached hydrogen (secondary N) is 1. The Balaban J connectivity index is 1.91. The lowest BCUT2D eigenvalue weighted by Gasteiger charge is -2.39. The minimum atomic E-state index is -1.09. The number of esters is 2. The SMILES string of the molecule is CCOC(=O)C1=C(C)NC2=C(C(=O)[C@H](C(=O)OCC)[C@H](c3ccccc3OC)C2)[C@H]1c1cccnc1. The lowest BCUT2D eigenvalue weighted by atomic mass is 9.67. The number of allylic oxidation sites excluding steroid dienone is 3. The van der Waals surface area contributed by atoms with Crippen LogP contribution in [0.4, 0.5) is 0 Å². The Morgan fingerprint density at radius 1 is 1.08 bits per heavy atom. The van der Waals surface area contributed by atoms with Crippen molar-refractivity contribution in [3.05, 3.63) is 82.5 Å². The predicted octanol–water partition coefficient (Wildman–Crippen LogP) is 3.80. The highest BCUT2D eigenvalue weighted by molar-refractivity contribution is 6.13. The number of Topliss-reactive ketones (excluding diaryl/α,β-unsaturated/α-hetero) is 1. The van der Waals surface area contributed by atoms with Crippen LogP contribution in [-0.4, -0.2) is 43.0 Å². The smallest absolute Gasteiger partial charge is 0.336 e. The molecule has 36 heavy (non-hydrogen) atoms. The Morgan fingerprint density at radius 3 is 2.50 bits per heavy atom. The van der Waals surface area contributed by atoms with E-state index >= 15 is 0 Å². The van der Waals surface area contributed by atoms with Gasteiger partial charge in [-0.1, -0.05) is 24.3 Å². The molecule has 3 atom stereocenters. The monoisotopic (exact) mass is 490 g/mol. The average molecular weight is 491 g/mol. The van der Waals surface area contributed by atoms with Crippen molar-refractivity contribution in [2.45, 2.75) is 39.0 Å². The minimum absolute atomic E-state index is 0.143. The molecule has 0 spiro atoms. The van der Waals surface area contributed by atoms with E-state index in [4.69, 9.17) is 14.2 Å². The Bertz CT molecular complexity index is 1230. The summed E-state index contributed by atoms with van der Waals surface area (Å²) in [5.74, 6) is -3.24. The third-order valence-corrected chi connectivity index (χ3v) is 6.61. The van der Waals surface area contributed by atoms with E-state index in [1.54, 1.807) is 46.3 Å². The molecule has 0 bridgehead atoms. The van der Waals surface area contributed by atoms with Gasteiger partial charge < -0.3 is 19.5 Å². The molecule has 0 radical (unpaired) electrons. The van der Waals surface area contributed by atoms with Gasteiger partial charge in [0.25, 0.3) is 0 Å². The zero-order chi connectivity index (χ0) is 25.8. The normalized spacial score (nSPS) is 21.4. The second-order valence-corrected chi connectivity index (χ2v) is 8.64. The van der Waals surface area contributed by atoms with Crippen LogP contribution in [0.5, 0.6) is 5.75 Å². The van der Waals surface area contributed by atoms with Crippen molar-refractivity contribution in [3.8, 4) is 5.75 Å². The molecule has 1 aromatic carbocycles. The molecule has 0 amide bonds. The van der Waals surface area contributed by atoms with Crippen LogP contribution in [0.15, 0.2) is 71.3 Å². The molecule has 2 aliphatic rings. The number of nitrogens with zero attached hydrogens (tertiary/aromatic N) is 1. The van der Waals surface area contributed by atoms with Crippen LogP contribution in [0.2, 0.25) is 0 Å². The Morgan fingerprint density at radius 2 is 1.83 bits per heavy atom. The fraction of sp³-hybridized carbons (Fsp3) is 0.357. The molecule has 1 aliphatic heterocycles. The van der Waals surface area contributed by atoms with Crippen LogP contribution in [0.1, 0.15) is 50.2 Å². The summed E-state index contributed by atoms with van der Waals surface area (Å²) in [6.45, 7) is 5.56. The first-order chi connectivity index (χ1) is 17.4. The summed E-state index contributed by atoms with van der Waals surface area (Å²) in [6, 6.07) is 10.9. The molecule has 2 aromatic rings. The van der Waals surface area contributed by atoms with Crippen molar-refractivity contribution in [2.24, 2.45) is 5.92 Å². The summed E-state index contributed by atoms with van der Waals surface area (Å²) in [7, 11) is 1.56. The number of aromatic nitrogens is 1. The van der Waals surface area contributed by atoms with E-state index in [1.165, 1.54) is 0 Å². The third kappa shape index (κ3) is 4.51. The van der Waals surface area contributed by atoms with Crippen LogP contribution in [0.3, 0.4) is 0 Å². The summed E-state index contributed by atoms with van der Waals surface area (Å²) in [4.78, 5) is 44.8. The molecular formula is C28H30N2O6. The zero-order valence-corrected chi connectivity index (χ0v) is 20.9. The van der Waals surface area contributed by atoms with E-state index in [-0.39, 0.29) is 19.0 Å². The van der Waals surface area contributed by atoms with Gasteiger partial charge in [0, 0.05) is 41.2 Å². The number of dihydropyridines is 1. The van der Waals surface area contributed by atoms with Crippen molar-refractivity contribution in [1.82, 2.24) is 10.3 Å². The van der Waals surface area contributed by atoms with Gasteiger partial charge in [0.1, 0.15) is 11.7 Å². The molecule has 0 unspecified atom stereocenters. The van der Waals surface area contributed by atoms with Gasteiger partial charge in [0.05, 0.1) is 25.9 Å². The van der Waals surface area contributed by atoms with E-state index in [9.17, 15) is 14.4 Å². The maximum atomic E-state index is 14.2. The number of ketones is 1. The second-order valence-electron chi connectivity index (χ2n) is 8.64. The van der Waals surface area contributed by atoms with Crippen molar-refractivity contribution in [2.75, 3.05) is 20.3 Å². The van der Waals surface area contributed by atoms with E-state index in [0.717, 1.165) is 5.56 Å². The second kappa shape index (κ2) is 10.8. The van der Waals surface area contributed by atoms with E-state index < -0.39 is 29.7 Å². The van der Waals surface area contributed by atoms with Gasteiger partial charge in [-0.25, -0.2) is 4.79 Å². The lowest BCUT2D eigenvalue weighted by molar-refractivity contribution is -0.152. The summed E-state index contributed by atoms with van der Waals surface area (Å²) in [6.07, 6.45) is 3.61. The molecule has 4 rings (SSSR count). The number of methoxy groups -OCH3 is 1. The molecule has 1 aromatic heterocycles. The van der Waals surface area contributed by atoms with Gasteiger partial charge in [-0.05, 0) is 50.5 Å². The highest BCUT2D eigenvalue weighted by atomic mass is 16.5. The maximum Gasteiger partial charge on any atom is 0.336 e. The quantitative estimate of drug-likeness (QED) is 0.462. The van der Waals surface area contributed by atoms with Crippen LogP contribution < -0.4 is 10.1 Å². The number of hydrogen-bond donors (Lipinski definition) is 1. The molecule has 1 N–H and O–H groups in total. The first-order valence-corrected chi connectivity index (χ1v) is 12.0. The summed E-state index contributed by atoms with van der Waals surface area (Å²) in [5.41, 5.74) is 3.37. The molecule has 0 fully saturated rings. The summed E-state index contributed by atoms with van der Waals surface area (Å²) >= 11 is 0. The highest BCUT2D eigenvalue weighted by Crippen LogP contribution is 2.49. The molecule has 0 saturated heterocycles. The van der Waals surface area contributed by atoms with Crippen LogP contribution in [0, 0.1) is 5.92 Å². The van der Waals surface area contributed by atoms with Crippen LogP contribution in [-0.2, 0) is 23.9 Å². The minimum Gasteiger partial charge on any atom is -0.496 e.